The third kappa shape index (κ3) is 4.58. The van der Waals surface area contributed by atoms with Crippen LogP contribution in [0, 0.1) is 0 Å². The fourth-order valence-electron chi connectivity index (χ4n) is 3.03. The number of nitrogens with zero attached hydrogens (tertiary/aromatic N) is 3. The van der Waals surface area contributed by atoms with Gasteiger partial charge in [0.15, 0.2) is 0 Å². The van der Waals surface area contributed by atoms with Gasteiger partial charge in [-0.15, -0.1) is 0 Å². The van der Waals surface area contributed by atoms with E-state index in [4.69, 9.17) is 4.74 Å². The molecule has 1 aliphatic heterocycles. The number of hydrogen-bond acceptors (Lipinski definition) is 4. The molecule has 1 aromatic carbocycles. The number of ether oxygens (including phenoxy) is 1. The molecule has 1 aliphatic rings. The number of benzene rings is 1. The van der Waals surface area contributed by atoms with Gasteiger partial charge in [-0.1, -0.05) is 6.07 Å². The van der Waals surface area contributed by atoms with Crippen LogP contribution in [0.5, 0.6) is 5.75 Å². The van der Waals surface area contributed by atoms with Crippen LogP contribution in [0.15, 0.2) is 47.1 Å². The van der Waals surface area contributed by atoms with Gasteiger partial charge in [-0.05, 0) is 52.7 Å². The highest BCUT2D eigenvalue weighted by atomic mass is 79.9. The fraction of sp³-hybridized carbons (Fsp3) is 0.368. The van der Waals surface area contributed by atoms with Gasteiger partial charge in [-0.2, -0.15) is 0 Å². The van der Waals surface area contributed by atoms with Crippen molar-refractivity contribution in [3.05, 3.63) is 58.3 Å². The highest BCUT2D eigenvalue weighted by Gasteiger charge is 2.21. The first-order valence-corrected chi connectivity index (χ1v) is 9.22. The van der Waals surface area contributed by atoms with Crippen LogP contribution in [0.4, 0.5) is 0 Å². The van der Waals surface area contributed by atoms with Crippen LogP contribution < -0.4 is 4.74 Å². The van der Waals surface area contributed by atoms with Gasteiger partial charge >= 0.3 is 0 Å². The van der Waals surface area contributed by atoms with E-state index in [1.807, 2.05) is 47.5 Å². The quantitative estimate of drug-likeness (QED) is 0.785. The van der Waals surface area contributed by atoms with Gasteiger partial charge in [-0.25, -0.2) is 0 Å². The maximum absolute atomic E-state index is 12.8. The van der Waals surface area contributed by atoms with Gasteiger partial charge < -0.3 is 9.64 Å². The summed E-state index contributed by atoms with van der Waals surface area (Å²) in [4.78, 5) is 21.5. The molecule has 1 saturated heterocycles. The van der Waals surface area contributed by atoms with E-state index in [9.17, 15) is 4.79 Å². The lowest BCUT2D eigenvalue weighted by molar-refractivity contribution is 0.0761. The van der Waals surface area contributed by atoms with Gasteiger partial charge in [0.1, 0.15) is 5.75 Å². The molecule has 1 amide bonds. The van der Waals surface area contributed by atoms with Crippen LogP contribution in [0.1, 0.15) is 22.5 Å². The average molecular weight is 404 g/mol. The number of halogens is 1. The van der Waals surface area contributed by atoms with E-state index in [1.165, 1.54) is 0 Å². The van der Waals surface area contributed by atoms with Crippen molar-refractivity contribution in [3.8, 4) is 5.75 Å². The van der Waals surface area contributed by atoms with Crippen molar-refractivity contribution in [2.45, 2.75) is 13.0 Å². The number of hydrogen-bond donors (Lipinski definition) is 0. The Hall–Kier alpha value is -1.92. The second-order valence-electron chi connectivity index (χ2n) is 6.09. The SMILES string of the molecule is COc1ccc(C(=O)N2CCCN(Cc3ccccn3)CC2)cc1Br. The van der Waals surface area contributed by atoms with Crippen LogP contribution in [0.25, 0.3) is 0 Å². The molecule has 0 aliphatic carbocycles. The Morgan fingerprint density at radius 1 is 1.20 bits per heavy atom. The van der Waals surface area contributed by atoms with Crippen LogP contribution >= 0.6 is 15.9 Å². The number of aromatic nitrogens is 1. The Kier molecular flexibility index (Phi) is 6.04. The van der Waals surface area contributed by atoms with Crippen LogP contribution in [0.3, 0.4) is 0 Å². The minimum atomic E-state index is 0.0723. The summed E-state index contributed by atoms with van der Waals surface area (Å²) in [6.45, 7) is 4.18. The molecule has 0 saturated carbocycles. The summed E-state index contributed by atoms with van der Waals surface area (Å²) in [6, 6.07) is 11.5. The molecule has 2 aromatic rings. The Morgan fingerprint density at radius 2 is 2.08 bits per heavy atom. The molecule has 6 heteroatoms. The lowest BCUT2D eigenvalue weighted by Crippen LogP contribution is -2.35. The maximum atomic E-state index is 12.8. The molecule has 5 nitrogen and oxygen atoms in total. The largest absolute Gasteiger partial charge is 0.496 e. The molecule has 132 valence electrons. The van der Waals surface area contributed by atoms with E-state index < -0.39 is 0 Å². The molecular formula is C19H22BrN3O2. The summed E-state index contributed by atoms with van der Waals surface area (Å²) in [5.74, 6) is 0.803. The average Bonchev–Trinajstić information content (AvgIpc) is 2.87. The third-order valence-corrected chi connectivity index (χ3v) is 5.01. The predicted molar refractivity (Wildman–Crippen MR) is 101 cm³/mol. The molecule has 0 spiro atoms. The number of carbonyl (C=O) groups is 1. The number of pyridine rings is 1. The van der Waals surface area contributed by atoms with Crippen molar-refractivity contribution in [1.29, 1.82) is 0 Å². The maximum Gasteiger partial charge on any atom is 0.253 e. The lowest BCUT2D eigenvalue weighted by atomic mass is 10.2. The second kappa shape index (κ2) is 8.45. The first-order valence-electron chi connectivity index (χ1n) is 8.42. The van der Waals surface area contributed by atoms with Crippen LogP contribution in [-0.2, 0) is 6.54 Å². The van der Waals surface area contributed by atoms with Crippen molar-refractivity contribution in [2.24, 2.45) is 0 Å². The first-order chi connectivity index (χ1) is 12.2. The molecule has 0 N–H and O–H groups in total. The summed E-state index contributed by atoms with van der Waals surface area (Å²) in [7, 11) is 1.62. The van der Waals surface area contributed by atoms with Gasteiger partial charge in [-0.3, -0.25) is 14.7 Å². The van der Waals surface area contributed by atoms with Gasteiger partial charge in [0.25, 0.3) is 5.91 Å². The van der Waals surface area contributed by atoms with Gasteiger partial charge in [0.2, 0.25) is 0 Å². The zero-order valence-electron chi connectivity index (χ0n) is 14.3. The van der Waals surface area contributed by atoms with Crippen molar-refractivity contribution in [2.75, 3.05) is 33.3 Å². The van der Waals surface area contributed by atoms with E-state index in [2.05, 4.69) is 25.8 Å². The van der Waals surface area contributed by atoms with E-state index in [1.54, 1.807) is 7.11 Å². The third-order valence-electron chi connectivity index (χ3n) is 4.39. The van der Waals surface area contributed by atoms with Crippen molar-refractivity contribution in [3.63, 3.8) is 0 Å². The molecule has 0 atom stereocenters. The monoisotopic (exact) mass is 403 g/mol. The summed E-state index contributed by atoms with van der Waals surface area (Å²) in [5, 5.41) is 0. The topological polar surface area (TPSA) is 45.7 Å². The smallest absolute Gasteiger partial charge is 0.253 e. The summed E-state index contributed by atoms with van der Waals surface area (Å²) in [6.07, 6.45) is 2.79. The molecule has 1 aromatic heterocycles. The van der Waals surface area contributed by atoms with E-state index >= 15 is 0 Å². The zero-order chi connectivity index (χ0) is 17.6. The van der Waals surface area contributed by atoms with Crippen LogP contribution in [0.2, 0.25) is 0 Å². The van der Waals surface area contributed by atoms with Crippen molar-refractivity contribution in [1.82, 2.24) is 14.8 Å². The number of rotatable bonds is 4. The van der Waals surface area contributed by atoms with E-state index in [0.29, 0.717) is 5.56 Å². The standard InChI is InChI=1S/C19H22BrN3O2/c1-25-18-7-6-15(13-17(18)20)19(24)23-10-4-9-22(11-12-23)14-16-5-2-3-8-21-16/h2-3,5-8,13H,4,9-12,14H2,1H3. The van der Waals surface area contributed by atoms with Crippen LogP contribution in [-0.4, -0.2) is 54.0 Å². The Balaban J connectivity index is 1.62. The molecular weight excluding hydrogens is 382 g/mol. The normalized spacial score (nSPS) is 15.7. The Bertz CT molecular complexity index is 724. The molecule has 3 rings (SSSR count). The van der Waals surface area contributed by atoms with E-state index in [-0.39, 0.29) is 5.91 Å². The van der Waals surface area contributed by atoms with Crippen molar-refractivity contribution < 1.29 is 9.53 Å². The summed E-state index contributed by atoms with van der Waals surface area (Å²) >= 11 is 3.45. The highest BCUT2D eigenvalue weighted by Crippen LogP contribution is 2.26. The predicted octanol–water partition coefficient (Wildman–Crippen LogP) is 3.20. The molecule has 0 bridgehead atoms. The number of amides is 1. The fourth-order valence-corrected chi connectivity index (χ4v) is 3.58. The van der Waals surface area contributed by atoms with Gasteiger partial charge in [0.05, 0.1) is 17.3 Å². The summed E-state index contributed by atoms with van der Waals surface area (Å²) in [5.41, 5.74) is 1.76. The Labute approximate surface area is 156 Å². The molecule has 25 heavy (non-hydrogen) atoms. The van der Waals surface area contributed by atoms with E-state index in [0.717, 1.165) is 55.1 Å². The second-order valence-corrected chi connectivity index (χ2v) is 6.95. The Morgan fingerprint density at radius 3 is 2.80 bits per heavy atom. The lowest BCUT2D eigenvalue weighted by Gasteiger charge is -2.22. The minimum Gasteiger partial charge on any atom is -0.496 e. The van der Waals surface area contributed by atoms with Gasteiger partial charge in [0, 0.05) is 44.5 Å². The highest BCUT2D eigenvalue weighted by molar-refractivity contribution is 9.10. The summed E-state index contributed by atoms with van der Waals surface area (Å²) < 4.78 is 6.03. The molecule has 2 heterocycles. The number of methoxy groups -OCH3 is 1. The molecule has 0 unspecified atom stereocenters. The molecule has 0 radical (unpaired) electrons. The zero-order valence-corrected chi connectivity index (χ0v) is 15.9. The molecule has 1 fully saturated rings. The first kappa shape index (κ1) is 17.9. The number of carbonyl (C=O) groups excluding carboxylic acids is 1. The minimum absolute atomic E-state index is 0.0723. The van der Waals surface area contributed by atoms with Crippen molar-refractivity contribution >= 4 is 21.8 Å².